The number of amides is 1. The summed E-state index contributed by atoms with van der Waals surface area (Å²) in [4.78, 5) is 17.5. The van der Waals surface area contributed by atoms with E-state index in [0.29, 0.717) is 6.54 Å². The van der Waals surface area contributed by atoms with Crippen molar-refractivity contribution in [3.63, 3.8) is 0 Å². The highest BCUT2D eigenvalue weighted by atomic mass is 32.1. The lowest BCUT2D eigenvalue weighted by Crippen LogP contribution is -2.23. The molecule has 1 N–H and O–H groups in total. The number of hydrogen-bond donors (Lipinski definition) is 1. The lowest BCUT2D eigenvalue weighted by molar-refractivity contribution is 0.0950. The van der Waals surface area contributed by atoms with Crippen LogP contribution in [0.2, 0.25) is 0 Å². The lowest BCUT2D eigenvalue weighted by Gasteiger charge is -2.07. The van der Waals surface area contributed by atoms with Crippen molar-refractivity contribution in [1.29, 1.82) is 0 Å². The molecular weight excluding hydrogens is 270 g/mol. The fraction of sp³-hybridized carbons (Fsp3) is 0.200. The van der Waals surface area contributed by atoms with E-state index in [1.165, 1.54) is 0 Å². The molecule has 0 bridgehead atoms. The summed E-state index contributed by atoms with van der Waals surface area (Å²) >= 11 is 1.58. The first kappa shape index (κ1) is 12.9. The summed E-state index contributed by atoms with van der Waals surface area (Å²) in [6.45, 7) is 4.42. The Balaban J connectivity index is 1.71. The number of fused-ring (bicyclic) bond motifs is 1. The predicted octanol–water partition coefficient (Wildman–Crippen LogP) is 2.94. The van der Waals surface area contributed by atoms with E-state index in [0.717, 1.165) is 27.3 Å². The summed E-state index contributed by atoms with van der Waals surface area (Å²) in [7, 11) is 0. The van der Waals surface area contributed by atoms with Gasteiger partial charge in [0.05, 0.1) is 12.2 Å². The molecule has 2 heterocycles. The molecule has 0 aliphatic carbocycles. The van der Waals surface area contributed by atoms with Crippen LogP contribution in [0.5, 0.6) is 0 Å². The van der Waals surface area contributed by atoms with Crippen LogP contribution in [-0.2, 0) is 6.54 Å². The molecule has 0 unspecified atom stereocenters. The molecule has 20 heavy (non-hydrogen) atoms. The highest BCUT2D eigenvalue weighted by molar-refractivity contribution is 7.15. The fourth-order valence-corrected chi connectivity index (χ4v) is 2.91. The number of aromatic nitrogens is 2. The smallest absolute Gasteiger partial charge is 0.251 e. The van der Waals surface area contributed by atoms with Crippen LogP contribution in [0.25, 0.3) is 4.96 Å². The van der Waals surface area contributed by atoms with Crippen LogP contribution in [0.15, 0.2) is 36.0 Å². The first-order valence-corrected chi connectivity index (χ1v) is 7.28. The number of benzene rings is 1. The number of hydrogen-bond acceptors (Lipinski definition) is 3. The van der Waals surface area contributed by atoms with Crippen molar-refractivity contribution in [3.05, 3.63) is 58.4 Å². The van der Waals surface area contributed by atoms with Gasteiger partial charge in [-0.2, -0.15) is 0 Å². The second kappa shape index (κ2) is 5.09. The molecule has 3 aromatic rings. The second-order valence-electron chi connectivity index (χ2n) is 4.83. The molecule has 0 saturated heterocycles. The van der Waals surface area contributed by atoms with Crippen LogP contribution in [0, 0.1) is 13.8 Å². The van der Waals surface area contributed by atoms with E-state index in [1.807, 2.05) is 54.2 Å². The third kappa shape index (κ3) is 2.44. The minimum atomic E-state index is -0.0566. The molecule has 1 amide bonds. The van der Waals surface area contributed by atoms with Crippen molar-refractivity contribution < 1.29 is 4.79 Å². The van der Waals surface area contributed by atoms with Crippen molar-refractivity contribution in [2.45, 2.75) is 20.4 Å². The summed E-state index contributed by atoms with van der Waals surface area (Å²) in [6, 6.07) is 5.84. The average molecular weight is 285 g/mol. The molecular formula is C15H15N3OS. The maximum atomic E-state index is 12.2. The van der Waals surface area contributed by atoms with Gasteiger partial charge < -0.3 is 5.32 Å². The molecule has 0 radical (unpaired) electrons. The Morgan fingerprint density at radius 1 is 1.40 bits per heavy atom. The number of aryl methyl sites for hydroxylation is 2. The van der Waals surface area contributed by atoms with Gasteiger partial charge in [-0.1, -0.05) is 17.7 Å². The van der Waals surface area contributed by atoms with Gasteiger partial charge in [0.2, 0.25) is 0 Å². The topological polar surface area (TPSA) is 46.4 Å². The van der Waals surface area contributed by atoms with Crippen LogP contribution < -0.4 is 5.32 Å². The molecule has 1 aromatic carbocycles. The van der Waals surface area contributed by atoms with E-state index in [4.69, 9.17) is 0 Å². The Morgan fingerprint density at radius 3 is 3.00 bits per heavy atom. The Labute approximate surface area is 121 Å². The van der Waals surface area contributed by atoms with E-state index in [1.54, 1.807) is 11.3 Å². The van der Waals surface area contributed by atoms with E-state index >= 15 is 0 Å². The third-order valence-electron chi connectivity index (χ3n) is 3.20. The zero-order valence-electron chi connectivity index (χ0n) is 11.4. The first-order chi connectivity index (χ1) is 9.63. The van der Waals surface area contributed by atoms with E-state index < -0.39 is 0 Å². The summed E-state index contributed by atoms with van der Waals surface area (Å²) in [5.74, 6) is -0.0566. The molecule has 5 heteroatoms. The minimum absolute atomic E-state index is 0.0566. The second-order valence-corrected chi connectivity index (χ2v) is 5.70. The quantitative estimate of drug-likeness (QED) is 0.804. The zero-order chi connectivity index (χ0) is 14.1. The molecule has 0 spiro atoms. The Bertz CT molecular complexity index is 744. The van der Waals surface area contributed by atoms with Crippen molar-refractivity contribution in [2.75, 3.05) is 0 Å². The standard InChI is InChI=1S/C15H15N3OS/c1-10-3-4-13(11(2)7-10)14(19)16-8-12-9-18-5-6-20-15(18)17-12/h3-7,9H,8H2,1-2H3,(H,16,19). The van der Waals surface area contributed by atoms with Crippen molar-refractivity contribution in [2.24, 2.45) is 0 Å². The van der Waals surface area contributed by atoms with Gasteiger partial charge in [-0.05, 0) is 25.5 Å². The molecule has 2 aromatic heterocycles. The van der Waals surface area contributed by atoms with Gasteiger partial charge in [-0.3, -0.25) is 9.20 Å². The number of thiazole rings is 1. The number of carbonyl (C=O) groups is 1. The van der Waals surface area contributed by atoms with Gasteiger partial charge >= 0.3 is 0 Å². The van der Waals surface area contributed by atoms with Crippen molar-refractivity contribution >= 4 is 22.2 Å². The lowest BCUT2D eigenvalue weighted by atomic mass is 10.1. The van der Waals surface area contributed by atoms with Crippen LogP contribution in [0.1, 0.15) is 27.2 Å². The maximum absolute atomic E-state index is 12.2. The summed E-state index contributed by atoms with van der Waals surface area (Å²) in [5.41, 5.74) is 3.74. The van der Waals surface area contributed by atoms with Crippen LogP contribution in [0.4, 0.5) is 0 Å². The third-order valence-corrected chi connectivity index (χ3v) is 3.97. The van der Waals surface area contributed by atoms with Gasteiger partial charge in [0.25, 0.3) is 5.91 Å². The summed E-state index contributed by atoms with van der Waals surface area (Å²) in [5, 5.41) is 4.90. The van der Waals surface area contributed by atoms with E-state index in [2.05, 4.69) is 10.3 Å². The Kier molecular flexibility index (Phi) is 3.28. The first-order valence-electron chi connectivity index (χ1n) is 6.40. The van der Waals surface area contributed by atoms with E-state index in [9.17, 15) is 4.79 Å². The average Bonchev–Trinajstić information content (AvgIpc) is 2.96. The van der Waals surface area contributed by atoms with Gasteiger partial charge in [-0.25, -0.2) is 4.98 Å². The molecule has 0 saturated carbocycles. The molecule has 0 atom stereocenters. The molecule has 3 rings (SSSR count). The molecule has 0 aliphatic rings. The summed E-state index contributed by atoms with van der Waals surface area (Å²) in [6.07, 6.45) is 3.90. The number of rotatable bonds is 3. The molecule has 0 fully saturated rings. The summed E-state index contributed by atoms with van der Waals surface area (Å²) < 4.78 is 1.96. The highest BCUT2D eigenvalue weighted by Gasteiger charge is 2.10. The van der Waals surface area contributed by atoms with Gasteiger partial charge in [0, 0.05) is 23.3 Å². The number of nitrogens with one attached hydrogen (secondary N) is 1. The predicted molar refractivity (Wildman–Crippen MR) is 80.2 cm³/mol. The fourth-order valence-electron chi connectivity index (χ4n) is 2.20. The van der Waals surface area contributed by atoms with E-state index in [-0.39, 0.29) is 5.91 Å². The molecule has 102 valence electrons. The van der Waals surface area contributed by atoms with Gasteiger partial charge in [0.15, 0.2) is 4.96 Å². The van der Waals surface area contributed by atoms with Crippen LogP contribution in [0.3, 0.4) is 0 Å². The largest absolute Gasteiger partial charge is 0.346 e. The molecule has 4 nitrogen and oxygen atoms in total. The maximum Gasteiger partial charge on any atom is 0.251 e. The highest BCUT2D eigenvalue weighted by Crippen LogP contribution is 2.12. The number of nitrogens with zero attached hydrogens (tertiary/aromatic N) is 2. The normalized spacial score (nSPS) is 10.9. The monoisotopic (exact) mass is 285 g/mol. The molecule has 0 aliphatic heterocycles. The van der Waals surface area contributed by atoms with Crippen molar-refractivity contribution in [3.8, 4) is 0 Å². The van der Waals surface area contributed by atoms with Crippen molar-refractivity contribution in [1.82, 2.24) is 14.7 Å². The Hall–Kier alpha value is -2.14. The van der Waals surface area contributed by atoms with Gasteiger partial charge in [0.1, 0.15) is 0 Å². The minimum Gasteiger partial charge on any atom is -0.346 e. The SMILES string of the molecule is Cc1ccc(C(=O)NCc2cn3ccsc3n2)c(C)c1. The van der Waals surface area contributed by atoms with Crippen LogP contribution >= 0.6 is 11.3 Å². The van der Waals surface area contributed by atoms with Crippen LogP contribution in [-0.4, -0.2) is 15.3 Å². The number of carbonyl (C=O) groups excluding carboxylic acids is 1. The Morgan fingerprint density at radius 2 is 2.25 bits per heavy atom. The number of imidazole rings is 1. The zero-order valence-corrected chi connectivity index (χ0v) is 12.2. The van der Waals surface area contributed by atoms with Gasteiger partial charge in [-0.15, -0.1) is 11.3 Å².